The number of carbonyl (C=O) groups excluding carboxylic acids is 1. The number of hydrogen-bond donors (Lipinski definition) is 3. The number of likely N-dealkylation sites (tertiary alicyclic amines) is 1. The number of nitrogens with two attached hydrogens (primary N) is 1. The van der Waals surface area contributed by atoms with Gasteiger partial charge in [-0.05, 0) is 43.6 Å². The Morgan fingerprint density at radius 2 is 2.12 bits per heavy atom. The van der Waals surface area contributed by atoms with Crippen molar-refractivity contribution in [2.24, 2.45) is 11.7 Å². The molecule has 1 aliphatic carbocycles. The number of aryl methyl sites for hydroxylation is 2. The second-order valence-electron chi connectivity index (χ2n) is 7.46. The molecule has 134 valence electrons. The Morgan fingerprint density at radius 3 is 2.88 bits per heavy atom. The Hall–Kier alpha value is -1.73. The van der Waals surface area contributed by atoms with Crippen molar-refractivity contribution < 1.29 is 9.69 Å². The first kappa shape index (κ1) is 16.7. The summed E-state index contributed by atoms with van der Waals surface area (Å²) in [6.07, 6.45) is 5.97. The van der Waals surface area contributed by atoms with E-state index >= 15 is 0 Å². The lowest BCUT2D eigenvalue weighted by molar-refractivity contribution is -0.920. The SMILES string of the molecule is CC1CC[NH+](Cc2nc(NCC(N)=O)c3c4c(sc3n2)CCC4)CC1. The van der Waals surface area contributed by atoms with Crippen LogP contribution in [0.1, 0.15) is 42.5 Å². The third kappa shape index (κ3) is 3.48. The zero-order valence-electron chi connectivity index (χ0n) is 14.7. The molecule has 2 aromatic heterocycles. The lowest BCUT2D eigenvalue weighted by Gasteiger charge is -2.26. The number of quaternary nitrogens is 1. The number of nitrogens with one attached hydrogen (secondary N) is 2. The molecular weight excluding hydrogens is 334 g/mol. The van der Waals surface area contributed by atoms with Crippen LogP contribution in [0.4, 0.5) is 5.82 Å². The molecule has 0 unspecified atom stereocenters. The highest BCUT2D eigenvalue weighted by Crippen LogP contribution is 2.39. The highest BCUT2D eigenvalue weighted by molar-refractivity contribution is 7.19. The molecule has 2 aromatic rings. The Labute approximate surface area is 151 Å². The van der Waals surface area contributed by atoms with Crippen molar-refractivity contribution in [1.29, 1.82) is 0 Å². The van der Waals surface area contributed by atoms with Gasteiger partial charge in [-0.3, -0.25) is 4.79 Å². The van der Waals surface area contributed by atoms with Gasteiger partial charge in [0.2, 0.25) is 5.91 Å². The molecule has 1 fully saturated rings. The molecule has 0 bridgehead atoms. The van der Waals surface area contributed by atoms with Crippen LogP contribution < -0.4 is 16.0 Å². The summed E-state index contributed by atoms with van der Waals surface area (Å²) < 4.78 is 0. The molecular formula is C18H26N5OS+. The van der Waals surface area contributed by atoms with E-state index in [0.717, 1.165) is 47.2 Å². The third-order valence-electron chi connectivity index (χ3n) is 5.43. The topological polar surface area (TPSA) is 85.3 Å². The maximum Gasteiger partial charge on any atom is 0.236 e. The minimum atomic E-state index is -0.365. The highest BCUT2D eigenvalue weighted by Gasteiger charge is 2.25. The molecule has 0 aromatic carbocycles. The van der Waals surface area contributed by atoms with E-state index in [-0.39, 0.29) is 12.5 Å². The summed E-state index contributed by atoms with van der Waals surface area (Å²) in [4.78, 5) is 24.9. The van der Waals surface area contributed by atoms with Gasteiger partial charge in [0.1, 0.15) is 17.2 Å². The Kier molecular flexibility index (Phi) is 4.60. The van der Waals surface area contributed by atoms with Crippen LogP contribution in [0.3, 0.4) is 0 Å². The number of fused-ring (bicyclic) bond motifs is 3. The van der Waals surface area contributed by atoms with Crippen LogP contribution in [0.5, 0.6) is 0 Å². The summed E-state index contributed by atoms with van der Waals surface area (Å²) >= 11 is 1.79. The van der Waals surface area contributed by atoms with Crippen molar-refractivity contribution >= 4 is 33.3 Å². The average Bonchev–Trinajstić information content (AvgIpc) is 3.15. The molecule has 0 saturated carbocycles. The number of nitrogens with zero attached hydrogens (tertiary/aromatic N) is 2. The second kappa shape index (κ2) is 6.88. The van der Waals surface area contributed by atoms with E-state index in [9.17, 15) is 4.79 Å². The lowest BCUT2D eigenvalue weighted by atomic mass is 9.99. The van der Waals surface area contributed by atoms with Gasteiger partial charge in [-0.2, -0.15) is 0 Å². The third-order valence-corrected chi connectivity index (χ3v) is 6.62. The molecule has 3 heterocycles. The number of thiophene rings is 1. The van der Waals surface area contributed by atoms with Crippen LogP contribution in [0.25, 0.3) is 10.2 Å². The fraction of sp³-hybridized carbons (Fsp3) is 0.611. The molecule has 2 aliphatic rings. The van der Waals surface area contributed by atoms with E-state index in [1.807, 2.05) is 0 Å². The summed E-state index contributed by atoms with van der Waals surface area (Å²) in [5, 5.41) is 4.27. The molecule has 4 N–H and O–H groups in total. The minimum Gasteiger partial charge on any atom is -0.368 e. The first-order valence-electron chi connectivity index (χ1n) is 9.27. The predicted octanol–water partition coefficient (Wildman–Crippen LogP) is 0.892. The summed E-state index contributed by atoms with van der Waals surface area (Å²) in [7, 11) is 0. The van der Waals surface area contributed by atoms with Gasteiger partial charge < -0.3 is 16.0 Å². The zero-order valence-corrected chi connectivity index (χ0v) is 15.5. The van der Waals surface area contributed by atoms with E-state index in [1.165, 1.54) is 42.8 Å². The van der Waals surface area contributed by atoms with Gasteiger partial charge in [0, 0.05) is 4.88 Å². The molecule has 6 nitrogen and oxygen atoms in total. The summed E-state index contributed by atoms with van der Waals surface area (Å²) in [6, 6.07) is 0. The number of carbonyl (C=O) groups is 1. The highest BCUT2D eigenvalue weighted by atomic mass is 32.1. The lowest BCUT2D eigenvalue weighted by Crippen LogP contribution is -3.11. The number of primary amides is 1. The molecule has 0 atom stereocenters. The number of aromatic nitrogens is 2. The number of rotatable bonds is 5. The van der Waals surface area contributed by atoms with E-state index in [0.29, 0.717) is 0 Å². The van der Waals surface area contributed by atoms with Crippen LogP contribution >= 0.6 is 11.3 Å². The van der Waals surface area contributed by atoms with E-state index < -0.39 is 0 Å². The normalized spacial score (nSPS) is 22.9. The maximum absolute atomic E-state index is 11.2. The summed E-state index contributed by atoms with van der Waals surface area (Å²) in [5.41, 5.74) is 6.70. The maximum atomic E-state index is 11.2. The van der Waals surface area contributed by atoms with E-state index in [4.69, 9.17) is 15.7 Å². The molecule has 1 aliphatic heterocycles. The van der Waals surface area contributed by atoms with Crippen LogP contribution in [0.15, 0.2) is 0 Å². The van der Waals surface area contributed by atoms with Crippen molar-refractivity contribution in [3.05, 3.63) is 16.3 Å². The van der Waals surface area contributed by atoms with Crippen molar-refractivity contribution in [3.8, 4) is 0 Å². The molecule has 25 heavy (non-hydrogen) atoms. The number of anilines is 1. The monoisotopic (exact) mass is 360 g/mol. The van der Waals surface area contributed by atoms with Gasteiger partial charge in [0.25, 0.3) is 0 Å². The average molecular weight is 361 g/mol. The van der Waals surface area contributed by atoms with Crippen molar-refractivity contribution in [2.45, 2.75) is 45.6 Å². The van der Waals surface area contributed by atoms with Gasteiger partial charge in [-0.15, -0.1) is 11.3 Å². The fourth-order valence-corrected chi connectivity index (χ4v) is 5.27. The largest absolute Gasteiger partial charge is 0.368 e. The molecule has 4 rings (SSSR count). The quantitative estimate of drug-likeness (QED) is 0.739. The van der Waals surface area contributed by atoms with Crippen molar-refractivity contribution in [3.63, 3.8) is 0 Å². The Balaban J connectivity index is 1.64. The van der Waals surface area contributed by atoms with Gasteiger partial charge >= 0.3 is 0 Å². The second-order valence-corrected chi connectivity index (χ2v) is 8.54. The van der Waals surface area contributed by atoms with Gasteiger partial charge in [-0.25, -0.2) is 9.97 Å². The molecule has 0 spiro atoms. The first-order chi connectivity index (χ1) is 12.1. The van der Waals surface area contributed by atoms with Gasteiger partial charge in [-0.1, -0.05) is 6.92 Å². The number of hydrogen-bond acceptors (Lipinski definition) is 5. The molecule has 0 radical (unpaired) electrons. The molecule has 1 saturated heterocycles. The Bertz CT molecular complexity index is 794. The number of piperidine rings is 1. The first-order valence-corrected chi connectivity index (χ1v) is 10.1. The van der Waals surface area contributed by atoms with Crippen LogP contribution in [-0.2, 0) is 24.2 Å². The van der Waals surface area contributed by atoms with Gasteiger partial charge in [0.05, 0.1) is 25.0 Å². The van der Waals surface area contributed by atoms with Crippen molar-refractivity contribution in [1.82, 2.24) is 9.97 Å². The molecule has 1 amide bonds. The standard InChI is InChI=1S/C18H25N5OS/c1-11-5-7-23(8-6-11)10-15-21-17(20-9-14(19)24)16-12-3-2-4-13(12)25-18(16)22-15/h11H,2-10H2,1H3,(H2,19,24)(H,20,21,22)/p+1. The van der Waals surface area contributed by atoms with Crippen LogP contribution in [0, 0.1) is 5.92 Å². The smallest absolute Gasteiger partial charge is 0.236 e. The zero-order chi connectivity index (χ0) is 17.4. The number of amides is 1. The van der Waals surface area contributed by atoms with Crippen LogP contribution in [0.2, 0.25) is 0 Å². The van der Waals surface area contributed by atoms with Gasteiger partial charge in [0.15, 0.2) is 5.82 Å². The predicted molar refractivity (Wildman–Crippen MR) is 99.9 cm³/mol. The molecule has 7 heteroatoms. The van der Waals surface area contributed by atoms with Crippen molar-refractivity contribution in [2.75, 3.05) is 25.0 Å². The fourth-order valence-electron chi connectivity index (χ4n) is 3.99. The van der Waals surface area contributed by atoms with E-state index in [2.05, 4.69) is 12.2 Å². The van der Waals surface area contributed by atoms with E-state index in [1.54, 1.807) is 16.2 Å². The summed E-state index contributed by atoms with van der Waals surface area (Å²) in [6.45, 7) is 5.68. The summed E-state index contributed by atoms with van der Waals surface area (Å²) in [5.74, 6) is 2.14. The minimum absolute atomic E-state index is 0.115. The Morgan fingerprint density at radius 1 is 1.32 bits per heavy atom. The van der Waals surface area contributed by atoms with Crippen LogP contribution in [-0.4, -0.2) is 35.5 Å².